The van der Waals surface area contributed by atoms with Gasteiger partial charge in [-0.1, -0.05) is 63.2 Å². The first-order chi connectivity index (χ1) is 17.5. The lowest BCUT2D eigenvalue weighted by Gasteiger charge is -2.21. The van der Waals surface area contributed by atoms with Gasteiger partial charge < -0.3 is 14.6 Å². The van der Waals surface area contributed by atoms with E-state index < -0.39 is 10.7 Å². The highest BCUT2D eigenvalue weighted by Gasteiger charge is 2.28. The lowest BCUT2D eigenvalue weighted by Crippen LogP contribution is -2.27. The zero-order valence-electron chi connectivity index (χ0n) is 22.5. The second-order valence-electron chi connectivity index (χ2n) is 8.40. The van der Waals surface area contributed by atoms with Gasteiger partial charge in [0, 0.05) is 22.0 Å². The van der Waals surface area contributed by atoms with Crippen molar-refractivity contribution in [3.63, 3.8) is 0 Å². The molecule has 0 fully saturated rings. The van der Waals surface area contributed by atoms with E-state index in [1.54, 1.807) is 32.9 Å². The molecule has 0 unspecified atom stereocenters. The summed E-state index contributed by atoms with van der Waals surface area (Å²) in [7, 11) is 0. The Kier molecular flexibility index (Phi) is 14.0. The van der Waals surface area contributed by atoms with E-state index in [4.69, 9.17) is 16.0 Å². The number of rotatable bonds is 13. The Bertz CT molecular complexity index is 1100. The van der Waals surface area contributed by atoms with Crippen molar-refractivity contribution in [3.8, 4) is 0 Å². The van der Waals surface area contributed by atoms with Crippen LogP contribution in [0.3, 0.4) is 0 Å². The number of aliphatic hydroxyl groups excluding tert-OH is 1. The van der Waals surface area contributed by atoms with Gasteiger partial charge in [0.15, 0.2) is 0 Å². The number of aromatic nitrogens is 2. The van der Waals surface area contributed by atoms with E-state index in [9.17, 15) is 15.0 Å². The molecule has 0 spiro atoms. The van der Waals surface area contributed by atoms with Crippen LogP contribution in [0, 0.1) is 0 Å². The van der Waals surface area contributed by atoms with Gasteiger partial charge in [0.05, 0.1) is 13.1 Å². The van der Waals surface area contributed by atoms with Crippen molar-refractivity contribution < 1.29 is 19.4 Å². The quantitative estimate of drug-likeness (QED) is 0.150. The van der Waals surface area contributed by atoms with Gasteiger partial charge in [-0.15, -0.1) is 22.0 Å². The summed E-state index contributed by atoms with van der Waals surface area (Å²) in [5, 5.41) is 28.6. The Balaban J connectivity index is 0.00000334. The molecule has 0 atom stereocenters. The molecular weight excluding hydrogens is 510 g/mol. The van der Waals surface area contributed by atoms with Crippen molar-refractivity contribution >= 4 is 34.9 Å². The van der Waals surface area contributed by atoms with E-state index in [0.717, 1.165) is 16.0 Å². The first-order valence-corrected chi connectivity index (χ1v) is 13.3. The van der Waals surface area contributed by atoms with Gasteiger partial charge in [-0.3, -0.25) is 9.69 Å². The predicted molar refractivity (Wildman–Crippen MR) is 153 cm³/mol. The summed E-state index contributed by atoms with van der Waals surface area (Å²) in [6.07, 6.45) is 7.42. The van der Waals surface area contributed by atoms with Crippen LogP contribution >= 0.6 is 23.4 Å². The lowest BCUT2D eigenvalue weighted by atomic mass is 10.2. The van der Waals surface area contributed by atoms with Crippen molar-refractivity contribution in [1.29, 1.82) is 0 Å². The molecule has 202 valence electrons. The molecule has 1 aromatic carbocycles. The van der Waals surface area contributed by atoms with Crippen LogP contribution in [0.15, 0.2) is 75.3 Å². The van der Waals surface area contributed by atoms with Crippen LogP contribution < -0.4 is 0 Å². The number of hydrogen-bond acceptors (Lipinski definition) is 7. The molecule has 2 rings (SSSR count). The SMILES string of the molecule is C=C/C=C(\O)CN(Cc1ccc(SC(C)(C)C(=O)O)cc1)Cc1nnc(/C(=C/C=C(\C)Cl)CC)o1.CC. The summed E-state index contributed by atoms with van der Waals surface area (Å²) in [6, 6.07) is 7.69. The molecule has 0 saturated heterocycles. The number of allylic oxidation sites excluding steroid dienone is 6. The Hall–Kier alpha value is -2.81. The number of carboxylic acid groups (broad SMARTS) is 1. The van der Waals surface area contributed by atoms with Gasteiger partial charge in [-0.25, -0.2) is 0 Å². The van der Waals surface area contributed by atoms with E-state index in [2.05, 4.69) is 16.8 Å². The van der Waals surface area contributed by atoms with E-state index in [0.29, 0.717) is 36.3 Å². The van der Waals surface area contributed by atoms with Crippen LogP contribution in [0.5, 0.6) is 0 Å². The van der Waals surface area contributed by atoms with Crippen LogP contribution in [-0.4, -0.2) is 42.6 Å². The summed E-state index contributed by atoms with van der Waals surface area (Å²) in [4.78, 5) is 14.2. The fourth-order valence-corrected chi connectivity index (χ4v) is 4.05. The third-order valence-electron chi connectivity index (χ3n) is 4.91. The molecule has 0 saturated carbocycles. The maximum absolute atomic E-state index is 11.4. The number of aliphatic carboxylic acids is 1. The second-order valence-corrected chi connectivity index (χ2v) is 10.7. The molecule has 1 aromatic heterocycles. The molecular formula is C28H38ClN3O4S. The average Bonchev–Trinajstić information content (AvgIpc) is 3.30. The fraction of sp³-hybridized carbons (Fsp3) is 0.393. The molecule has 0 aliphatic heterocycles. The third kappa shape index (κ3) is 11.4. The maximum Gasteiger partial charge on any atom is 0.319 e. The molecule has 2 N–H and O–H groups in total. The topological polar surface area (TPSA) is 99.7 Å². The van der Waals surface area contributed by atoms with Crippen LogP contribution in [0.1, 0.15) is 65.3 Å². The van der Waals surface area contributed by atoms with Gasteiger partial charge in [0.2, 0.25) is 11.8 Å². The van der Waals surface area contributed by atoms with Crippen molar-refractivity contribution in [2.24, 2.45) is 0 Å². The molecule has 2 aromatic rings. The van der Waals surface area contributed by atoms with E-state index >= 15 is 0 Å². The number of carbonyl (C=O) groups is 1. The van der Waals surface area contributed by atoms with Crippen LogP contribution in [0.25, 0.3) is 5.57 Å². The number of nitrogens with zero attached hydrogens (tertiary/aromatic N) is 3. The average molecular weight is 548 g/mol. The predicted octanol–water partition coefficient (Wildman–Crippen LogP) is 7.62. The Morgan fingerprint density at radius 3 is 2.32 bits per heavy atom. The number of carboxylic acids is 1. The minimum Gasteiger partial charge on any atom is -0.511 e. The summed E-state index contributed by atoms with van der Waals surface area (Å²) in [5.74, 6) is 0.153. The van der Waals surface area contributed by atoms with Crippen LogP contribution in [0.4, 0.5) is 0 Å². The fourth-order valence-electron chi connectivity index (χ4n) is 3.04. The zero-order valence-corrected chi connectivity index (χ0v) is 24.1. The smallest absolute Gasteiger partial charge is 0.319 e. The van der Waals surface area contributed by atoms with Gasteiger partial charge in [0.1, 0.15) is 10.5 Å². The second kappa shape index (κ2) is 16.1. The van der Waals surface area contributed by atoms with Crippen molar-refractivity contribution in [3.05, 3.63) is 83.3 Å². The van der Waals surface area contributed by atoms with E-state index in [1.807, 2.05) is 56.0 Å². The molecule has 7 nitrogen and oxygen atoms in total. The molecule has 0 aliphatic carbocycles. The van der Waals surface area contributed by atoms with Crippen molar-refractivity contribution in [1.82, 2.24) is 15.1 Å². The molecule has 0 bridgehead atoms. The Morgan fingerprint density at radius 2 is 1.78 bits per heavy atom. The van der Waals surface area contributed by atoms with Crippen LogP contribution in [-0.2, 0) is 17.9 Å². The highest BCUT2D eigenvalue weighted by Crippen LogP contribution is 2.32. The number of halogens is 1. The van der Waals surface area contributed by atoms with Gasteiger partial charge >= 0.3 is 5.97 Å². The first kappa shape index (κ1) is 32.2. The summed E-state index contributed by atoms with van der Waals surface area (Å²) in [5.41, 5.74) is 1.87. The van der Waals surface area contributed by atoms with Crippen molar-refractivity contribution in [2.45, 2.75) is 70.7 Å². The summed E-state index contributed by atoms with van der Waals surface area (Å²) < 4.78 is 4.97. The Morgan fingerprint density at radius 1 is 1.14 bits per heavy atom. The van der Waals surface area contributed by atoms with Gasteiger partial charge in [-0.05, 0) is 57.0 Å². The summed E-state index contributed by atoms with van der Waals surface area (Å²) >= 11 is 7.22. The minimum absolute atomic E-state index is 0.159. The number of thioether (sulfide) groups is 1. The molecule has 0 aliphatic rings. The molecule has 1 heterocycles. The molecule has 37 heavy (non-hydrogen) atoms. The van der Waals surface area contributed by atoms with Crippen molar-refractivity contribution in [2.75, 3.05) is 6.54 Å². The van der Waals surface area contributed by atoms with Gasteiger partial charge in [-0.2, -0.15) is 0 Å². The highest BCUT2D eigenvalue weighted by molar-refractivity contribution is 8.01. The highest BCUT2D eigenvalue weighted by atomic mass is 35.5. The number of aliphatic hydroxyl groups is 1. The summed E-state index contributed by atoms with van der Waals surface area (Å²) in [6.45, 7) is 15.9. The van der Waals surface area contributed by atoms with Crippen LogP contribution in [0.2, 0.25) is 0 Å². The van der Waals surface area contributed by atoms with E-state index in [-0.39, 0.29) is 12.3 Å². The minimum atomic E-state index is -0.922. The number of hydrogen-bond donors (Lipinski definition) is 2. The molecule has 0 amide bonds. The maximum atomic E-state index is 11.4. The monoisotopic (exact) mass is 547 g/mol. The Labute approximate surface area is 229 Å². The third-order valence-corrected chi connectivity index (χ3v) is 6.23. The normalized spacial score (nSPS) is 12.8. The molecule has 0 radical (unpaired) electrons. The standard InChI is InChI=1S/C26H32ClN3O4S.C2H6/c1-6-8-21(31)16-30(15-19-10-13-22(14-11-19)35-26(4,5)25(32)33)17-23-28-29-24(34-23)20(7-2)12-9-18(3)27;1-2/h6,8-14,31H,1,7,15-17H2,2-5H3,(H,32,33);1-2H3/b18-9+,20-12+,21-8-;. The number of benzene rings is 1. The largest absolute Gasteiger partial charge is 0.511 e. The van der Waals surface area contributed by atoms with Gasteiger partial charge in [0.25, 0.3) is 0 Å². The zero-order chi connectivity index (χ0) is 28.0. The van der Waals surface area contributed by atoms with E-state index in [1.165, 1.54) is 17.8 Å². The molecule has 9 heteroatoms. The first-order valence-electron chi connectivity index (χ1n) is 12.1. The lowest BCUT2D eigenvalue weighted by molar-refractivity contribution is -0.138.